The molecule has 1 aliphatic heterocycles. The number of carbonyl (C=O) groups is 1. The van der Waals surface area contributed by atoms with E-state index < -0.39 is 11.5 Å². The van der Waals surface area contributed by atoms with Crippen LogP contribution in [0.15, 0.2) is 0 Å². The van der Waals surface area contributed by atoms with Crippen LogP contribution in [0.5, 0.6) is 0 Å². The lowest BCUT2D eigenvalue weighted by Crippen LogP contribution is -2.52. The molecule has 3 unspecified atom stereocenters. The Morgan fingerprint density at radius 2 is 2.35 bits per heavy atom. The smallest absolute Gasteiger partial charge is 0.324 e. The first kappa shape index (κ1) is 14.8. The van der Waals surface area contributed by atoms with Gasteiger partial charge in [0.2, 0.25) is 0 Å². The normalized spacial score (nSPS) is 27.9. The summed E-state index contributed by atoms with van der Waals surface area (Å²) < 4.78 is 5.48. The van der Waals surface area contributed by atoms with Crippen molar-refractivity contribution in [2.24, 2.45) is 0 Å². The van der Waals surface area contributed by atoms with Crippen molar-refractivity contribution in [1.29, 1.82) is 0 Å². The van der Waals surface area contributed by atoms with Crippen LogP contribution in [-0.4, -0.2) is 46.9 Å². The van der Waals surface area contributed by atoms with Gasteiger partial charge in [-0.05, 0) is 33.2 Å². The van der Waals surface area contributed by atoms with Crippen molar-refractivity contribution >= 4 is 17.7 Å². The number of thioether (sulfide) groups is 1. The summed E-state index contributed by atoms with van der Waals surface area (Å²) in [7, 11) is 0. The van der Waals surface area contributed by atoms with Crippen LogP contribution >= 0.6 is 11.8 Å². The molecule has 0 radical (unpaired) electrons. The number of hydrogen-bond acceptors (Lipinski definition) is 4. The first-order valence-corrected chi connectivity index (χ1v) is 7.26. The third kappa shape index (κ3) is 4.16. The second kappa shape index (κ2) is 6.61. The van der Waals surface area contributed by atoms with Gasteiger partial charge in [0.1, 0.15) is 5.54 Å². The van der Waals surface area contributed by atoms with Crippen molar-refractivity contribution in [3.63, 3.8) is 0 Å². The van der Waals surface area contributed by atoms with Crippen LogP contribution in [0.2, 0.25) is 0 Å². The number of rotatable bonds is 7. The number of carboxylic acids is 1. The third-order valence-electron chi connectivity index (χ3n) is 3.13. The molecule has 0 aromatic heterocycles. The molecular formula is C12H23NO3S. The Labute approximate surface area is 107 Å². The van der Waals surface area contributed by atoms with Crippen LogP contribution in [0, 0.1) is 0 Å². The van der Waals surface area contributed by atoms with E-state index in [2.05, 4.69) is 12.2 Å². The zero-order valence-electron chi connectivity index (χ0n) is 10.9. The minimum absolute atomic E-state index is 0.240. The molecule has 1 heterocycles. The lowest BCUT2D eigenvalue weighted by molar-refractivity contribution is -0.143. The second-order valence-corrected chi connectivity index (χ2v) is 6.01. The summed E-state index contributed by atoms with van der Waals surface area (Å²) in [5.74, 6) is -0.189. The molecule has 5 heteroatoms. The molecule has 17 heavy (non-hydrogen) atoms. The van der Waals surface area contributed by atoms with Crippen LogP contribution in [0.3, 0.4) is 0 Å². The molecule has 0 spiro atoms. The van der Waals surface area contributed by atoms with E-state index in [0.717, 1.165) is 26.0 Å². The maximum Gasteiger partial charge on any atom is 0.324 e. The summed E-state index contributed by atoms with van der Waals surface area (Å²) in [6.07, 6.45) is 2.20. The Kier molecular flexibility index (Phi) is 5.76. The van der Waals surface area contributed by atoms with Crippen molar-refractivity contribution < 1.29 is 14.6 Å². The van der Waals surface area contributed by atoms with Crippen molar-refractivity contribution in [2.45, 2.75) is 50.5 Å². The average molecular weight is 261 g/mol. The van der Waals surface area contributed by atoms with E-state index in [1.165, 1.54) is 0 Å². The number of hydrogen-bond donors (Lipinski definition) is 2. The fourth-order valence-electron chi connectivity index (χ4n) is 1.79. The predicted molar refractivity (Wildman–Crippen MR) is 70.6 cm³/mol. The SMILES string of the molecule is CCCNC(C)(CSC1CCOC1C)C(=O)O. The van der Waals surface area contributed by atoms with Gasteiger partial charge in [-0.2, -0.15) is 11.8 Å². The molecule has 0 saturated carbocycles. The zero-order chi connectivity index (χ0) is 12.9. The van der Waals surface area contributed by atoms with E-state index in [1.54, 1.807) is 18.7 Å². The highest BCUT2D eigenvalue weighted by atomic mass is 32.2. The first-order valence-electron chi connectivity index (χ1n) is 6.21. The van der Waals surface area contributed by atoms with E-state index >= 15 is 0 Å². The predicted octanol–water partition coefficient (Wildman–Crippen LogP) is 1.74. The second-order valence-electron chi connectivity index (χ2n) is 4.78. The standard InChI is InChI=1S/C12H23NO3S/c1-4-6-13-12(3,11(14)15)8-17-10-5-7-16-9(10)2/h9-10,13H,4-8H2,1-3H3,(H,14,15). The van der Waals surface area contributed by atoms with Crippen LogP contribution in [0.4, 0.5) is 0 Å². The lowest BCUT2D eigenvalue weighted by atomic mass is 10.1. The van der Waals surface area contributed by atoms with Crippen molar-refractivity contribution in [3.05, 3.63) is 0 Å². The quantitative estimate of drug-likeness (QED) is 0.731. The molecule has 0 aromatic carbocycles. The van der Waals surface area contributed by atoms with Gasteiger partial charge in [0.05, 0.1) is 6.10 Å². The lowest BCUT2D eigenvalue weighted by Gasteiger charge is -2.27. The van der Waals surface area contributed by atoms with E-state index in [9.17, 15) is 9.90 Å². The number of carboxylic acid groups (broad SMARTS) is 1. The van der Waals surface area contributed by atoms with Crippen molar-refractivity contribution in [3.8, 4) is 0 Å². The molecule has 100 valence electrons. The number of nitrogens with one attached hydrogen (secondary N) is 1. The summed E-state index contributed by atoms with van der Waals surface area (Å²) >= 11 is 1.71. The van der Waals surface area contributed by atoms with E-state index in [4.69, 9.17) is 4.74 Å². The summed E-state index contributed by atoms with van der Waals surface area (Å²) in [6, 6.07) is 0. The van der Waals surface area contributed by atoms with Crippen molar-refractivity contribution in [1.82, 2.24) is 5.32 Å². The summed E-state index contributed by atoms with van der Waals surface area (Å²) in [5, 5.41) is 12.8. The molecule has 1 fully saturated rings. The summed E-state index contributed by atoms with van der Waals surface area (Å²) in [5.41, 5.74) is -0.830. The Balaban J connectivity index is 2.46. The maximum atomic E-state index is 11.3. The van der Waals surface area contributed by atoms with E-state index in [-0.39, 0.29) is 6.10 Å². The minimum Gasteiger partial charge on any atom is -0.480 e. The highest BCUT2D eigenvalue weighted by Crippen LogP contribution is 2.28. The Hall–Kier alpha value is -0.260. The topological polar surface area (TPSA) is 58.6 Å². The van der Waals surface area contributed by atoms with Gasteiger partial charge < -0.3 is 15.2 Å². The average Bonchev–Trinajstić information content (AvgIpc) is 2.69. The van der Waals surface area contributed by atoms with Gasteiger partial charge in [-0.3, -0.25) is 4.79 Å². The van der Waals surface area contributed by atoms with Gasteiger partial charge >= 0.3 is 5.97 Å². The molecule has 0 aromatic rings. The Morgan fingerprint density at radius 1 is 1.65 bits per heavy atom. The molecular weight excluding hydrogens is 238 g/mol. The highest BCUT2D eigenvalue weighted by molar-refractivity contribution is 8.00. The minimum atomic E-state index is -0.830. The molecule has 2 N–H and O–H groups in total. The maximum absolute atomic E-state index is 11.3. The largest absolute Gasteiger partial charge is 0.480 e. The molecule has 1 rings (SSSR count). The van der Waals surface area contributed by atoms with Crippen LogP contribution in [-0.2, 0) is 9.53 Å². The Bertz CT molecular complexity index is 262. The zero-order valence-corrected chi connectivity index (χ0v) is 11.7. The molecule has 3 atom stereocenters. The molecule has 1 aliphatic rings. The summed E-state index contributed by atoms with van der Waals surface area (Å²) in [6.45, 7) is 7.39. The number of aliphatic carboxylic acids is 1. The molecule has 0 bridgehead atoms. The first-order chi connectivity index (χ1) is 7.99. The van der Waals surface area contributed by atoms with Crippen LogP contribution in [0.1, 0.15) is 33.6 Å². The molecule has 1 saturated heterocycles. The van der Waals surface area contributed by atoms with Gasteiger partial charge in [-0.1, -0.05) is 6.92 Å². The van der Waals surface area contributed by atoms with Crippen molar-refractivity contribution in [2.75, 3.05) is 18.9 Å². The summed E-state index contributed by atoms with van der Waals surface area (Å²) in [4.78, 5) is 11.3. The fraction of sp³-hybridized carbons (Fsp3) is 0.917. The van der Waals surface area contributed by atoms with E-state index in [1.807, 2.05) is 6.92 Å². The molecule has 0 aliphatic carbocycles. The van der Waals surface area contributed by atoms with Crippen LogP contribution in [0.25, 0.3) is 0 Å². The Morgan fingerprint density at radius 3 is 2.82 bits per heavy atom. The van der Waals surface area contributed by atoms with Gasteiger partial charge in [-0.15, -0.1) is 0 Å². The van der Waals surface area contributed by atoms with Gasteiger partial charge in [0.15, 0.2) is 0 Å². The van der Waals surface area contributed by atoms with Gasteiger partial charge in [-0.25, -0.2) is 0 Å². The van der Waals surface area contributed by atoms with E-state index in [0.29, 0.717) is 11.0 Å². The molecule has 4 nitrogen and oxygen atoms in total. The van der Waals surface area contributed by atoms with Gasteiger partial charge in [0, 0.05) is 17.6 Å². The molecule has 0 amide bonds. The van der Waals surface area contributed by atoms with Gasteiger partial charge in [0.25, 0.3) is 0 Å². The third-order valence-corrected chi connectivity index (χ3v) is 4.92. The number of ether oxygens (including phenoxy) is 1. The monoisotopic (exact) mass is 261 g/mol. The highest BCUT2D eigenvalue weighted by Gasteiger charge is 2.35. The fourth-order valence-corrected chi connectivity index (χ4v) is 3.18. The van der Waals surface area contributed by atoms with Crippen LogP contribution < -0.4 is 5.32 Å².